The first kappa shape index (κ1) is 28.0. The molecular weight excluding hydrogens is 568 g/mol. The van der Waals surface area contributed by atoms with E-state index < -0.39 is 32.6 Å². The van der Waals surface area contributed by atoms with Crippen LogP contribution >= 0.6 is 11.6 Å². The molecule has 1 N–H and O–H groups in total. The molecule has 4 aliphatic rings. The van der Waals surface area contributed by atoms with Crippen LogP contribution in [0.4, 0.5) is 5.69 Å². The number of anilines is 1. The first-order valence-electron chi connectivity index (χ1n) is 14.4. The molecule has 2 heterocycles. The number of fused-ring (bicyclic) bond motifs is 4. The zero-order valence-electron chi connectivity index (χ0n) is 22.9. The van der Waals surface area contributed by atoms with Crippen LogP contribution in [0.25, 0.3) is 0 Å². The highest BCUT2D eigenvalue weighted by Crippen LogP contribution is 2.46. The fraction of sp³-hybridized carbons (Fsp3) is 0.567. The Bertz CT molecular complexity index is 1450. The van der Waals surface area contributed by atoms with Gasteiger partial charge in [-0.05, 0) is 92.3 Å². The van der Waals surface area contributed by atoms with Crippen LogP contribution in [-0.4, -0.2) is 49.2 Å². The minimum atomic E-state index is -4.06. The molecule has 2 aromatic carbocycles. The number of amides is 1. The Balaban J connectivity index is 1.43. The summed E-state index contributed by atoms with van der Waals surface area (Å²) in [7, 11) is -4.98. The molecule has 1 unspecified atom stereocenters. The standard InChI is InChI=1S/C30H37ClN2O5S2/c1-20-5-2-3-14-39(35)28-12-7-22(28)17-33-18-30(13-4-6-21-15-23(31)8-10-25(21)30)19-38-27-11-9-24(16-26(27)33)40(36,37)32-29(20)34/h8-11,15-16,20,22,28H,2-7,12-14,17-19H2,1H3,(H,32,34)/t20-,22+,28-,30+,39?/m1/s1. The van der Waals surface area contributed by atoms with Gasteiger partial charge in [0, 0.05) is 51.2 Å². The van der Waals surface area contributed by atoms with Gasteiger partial charge in [0.2, 0.25) is 5.91 Å². The Morgan fingerprint density at radius 2 is 1.95 bits per heavy atom. The fourth-order valence-electron chi connectivity index (χ4n) is 6.91. The summed E-state index contributed by atoms with van der Waals surface area (Å²) in [6.07, 6.45) is 6.96. The largest absolute Gasteiger partial charge is 0.490 e. The van der Waals surface area contributed by atoms with E-state index in [0.717, 1.165) is 50.0 Å². The molecule has 2 aliphatic heterocycles. The number of rotatable bonds is 0. The summed E-state index contributed by atoms with van der Waals surface area (Å²) in [5.74, 6) is 0.564. The van der Waals surface area contributed by atoms with Crippen molar-refractivity contribution in [1.82, 2.24) is 4.72 Å². The van der Waals surface area contributed by atoms with E-state index in [4.69, 9.17) is 16.3 Å². The molecule has 0 radical (unpaired) electrons. The number of ether oxygens (including phenoxy) is 1. The predicted molar refractivity (Wildman–Crippen MR) is 158 cm³/mol. The highest BCUT2D eigenvalue weighted by atomic mass is 35.5. The minimum Gasteiger partial charge on any atom is -0.490 e. The van der Waals surface area contributed by atoms with Crippen molar-refractivity contribution in [3.05, 3.63) is 52.5 Å². The van der Waals surface area contributed by atoms with Crippen molar-refractivity contribution in [3.63, 3.8) is 0 Å². The van der Waals surface area contributed by atoms with E-state index in [9.17, 15) is 17.4 Å². The topological polar surface area (TPSA) is 92.8 Å². The van der Waals surface area contributed by atoms with E-state index in [1.807, 2.05) is 6.07 Å². The number of hydrogen-bond donors (Lipinski definition) is 1. The quantitative estimate of drug-likeness (QED) is 0.457. The van der Waals surface area contributed by atoms with Gasteiger partial charge in [0.25, 0.3) is 10.0 Å². The van der Waals surface area contributed by atoms with Crippen LogP contribution in [0.1, 0.15) is 63.0 Å². The molecule has 2 aliphatic carbocycles. The third-order valence-electron chi connectivity index (χ3n) is 9.37. The highest BCUT2D eigenvalue weighted by molar-refractivity contribution is 7.90. The number of aryl methyl sites for hydroxylation is 1. The number of carbonyl (C=O) groups is 1. The number of halogens is 1. The maximum atomic E-state index is 13.3. The van der Waals surface area contributed by atoms with Crippen molar-refractivity contribution >= 4 is 44.0 Å². The number of carbonyl (C=O) groups excluding carboxylic acids is 1. The van der Waals surface area contributed by atoms with Gasteiger partial charge in [-0.2, -0.15) is 0 Å². The lowest BCUT2D eigenvalue weighted by Gasteiger charge is -2.44. The highest BCUT2D eigenvalue weighted by Gasteiger charge is 2.44. The Morgan fingerprint density at radius 3 is 2.75 bits per heavy atom. The molecule has 1 amide bonds. The van der Waals surface area contributed by atoms with Gasteiger partial charge >= 0.3 is 0 Å². The van der Waals surface area contributed by atoms with Crippen LogP contribution in [0.5, 0.6) is 5.75 Å². The zero-order chi connectivity index (χ0) is 28.1. The average molecular weight is 605 g/mol. The van der Waals surface area contributed by atoms with E-state index in [1.54, 1.807) is 19.1 Å². The van der Waals surface area contributed by atoms with Crippen molar-refractivity contribution in [2.24, 2.45) is 11.8 Å². The van der Waals surface area contributed by atoms with E-state index >= 15 is 0 Å². The molecule has 5 atom stereocenters. The van der Waals surface area contributed by atoms with Crippen LogP contribution in [0.15, 0.2) is 41.3 Å². The molecule has 2 aromatic rings. The maximum absolute atomic E-state index is 13.3. The smallest absolute Gasteiger partial charge is 0.264 e. The molecule has 10 heteroatoms. The van der Waals surface area contributed by atoms with Crippen LogP contribution < -0.4 is 14.4 Å². The molecule has 0 aromatic heterocycles. The average Bonchev–Trinajstić information content (AvgIpc) is 3.05. The summed E-state index contributed by atoms with van der Waals surface area (Å²) in [5.41, 5.74) is 2.92. The summed E-state index contributed by atoms with van der Waals surface area (Å²) in [5, 5.41) is 0.867. The Hall–Kier alpha value is -2.10. The summed E-state index contributed by atoms with van der Waals surface area (Å²) < 4.78 is 48.8. The van der Waals surface area contributed by atoms with Crippen molar-refractivity contribution in [1.29, 1.82) is 0 Å². The first-order valence-corrected chi connectivity index (χ1v) is 17.6. The molecule has 6 rings (SSSR count). The molecule has 216 valence electrons. The molecule has 1 saturated carbocycles. The van der Waals surface area contributed by atoms with Gasteiger partial charge in [0.1, 0.15) is 5.75 Å². The number of benzene rings is 2. The minimum absolute atomic E-state index is 0.0491. The lowest BCUT2D eigenvalue weighted by atomic mass is 9.70. The molecule has 2 bridgehead atoms. The lowest BCUT2D eigenvalue weighted by Crippen LogP contribution is -2.50. The van der Waals surface area contributed by atoms with Crippen LogP contribution in [0, 0.1) is 11.8 Å². The summed E-state index contributed by atoms with van der Waals surface area (Å²) in [6, 6.07) is 11.0. The lowest BCUT2D eigenvalue weighted by molar-refractivity contribution is -0.122. The van der Waals surface area contributed by atoms with Crippen molar-refractivity contribution in [2.75, 3.05) is 30.3 Å². The number of sulfonamides is 1. The van der Waals surface area contributed by atoms with E-state index in [-0.39, 0.29) is 21.5 Å². The maximum Gasteiger partial charge on any atom is 0.264 e. The molecule has 7 nitrogen and oxygen atoms in total. The predicted octanol–water partition coefficient (Wildman–Crippen LogP) is 4.97. The summed E-state index contributed by atoms with van der Waals surface area (Å²) >= 11 is 6.37. The third kappa shape index (κ3) is 5.29. The molecule has 1 spiro atoms. The summed E-state index contributed by atoms with van der Waals surface area (Å²) in [4.78, 5) is 15.1. The van der Waals surface area contributed by atoms with Gasteiger partial charge in [0.15, 0.2) is 0 Å². The van der Waals surface area contributed by atoms with E-state index in [0.29, 0.717) is 43.3 Å². The fourth-order valence-corrected chi connectivity index (χ4v) is 10.0. The Kier molecular flexibility index (Phi) is 7.68. The second-order valence-corrected chi connectivity index (χ2v) is 16.0. The van der Waals surface area contributed by atoms with E-state index in [2.05, 4.69) is 21.8 Å². The third-order valence-corrected chi connectivity index (χ3v) is 12.9. The summed E-state index contributed by atoms with van der Waals surface area (Å²) in [6.45, 7) is 3.57. The van der Waals surface area contributed by atoms with Gasteiger partial charge in [-0.15, -0.1) is 0 Å². The van der Waals surface area contributed by atoms with Gasteiger partial charge in [-0.3, -0.25) is 9.00 Å². The number of nitrogens with zero attached hydrogens (tertiary/aromatic N) is 1. The Morgan fingerprint density at radius 1 is 1.10 bits per heavy atom. The van der Waals surface area contributed by atoms with Gasteiger partial charge < -0.3 is 9.64 Å². The SMILES string of the molecule is C[C@@H]1CCCCS(=O)[C@@H]2CC[C@H]2CN2C[C@@]3(CCCc4cc(Cl)ccc43)COc3ccc(cc32)S(=O)(=O)NC1=O. The number of nitrogens with one attached hydrogen (secondary N) is 1. The normalized spacial score (nSPS) is 32.0. The Labute approximate surface area is 244 Å². The molecule has 0 saturated heterocycles. The van der Waals surface area contributed by atoms with Crippen molar-refractivity contribution in [3.8, 4) is 5.75 Å². The van der Waals surface area contributed by atoms with Crippen LogP contribution in [-0.2, 0) is 37.5 Å². The van der Waals surface area contributed by atoms with Crippen molar-refractivity contribution < 1.29 is 22.2 Å². The molecule has 40 heavy (non-hydrogen) atoms. The second-order valence-electron chi connectivity index (χ2n) is 12.1. The van der Waals surface area contributed by atoms with Gasteiger partial charge in [-0.25, -0.2) is 13.1 Å². The molecular formula is C30H37ClN2O5S2. The van der Waals surface area contributed by atoms with Crippen LogP contribution in [0.2, 0.25) is 5.02 Å². The van der Waals surface area contributed by atoms with Gasteiger partial charge in [-0.1, -0.05) is 31.0 Å². The van der Waals surface area contributed by atoms with Gasteiger partial charge in [0.05, 0.1) is 17.2 Å². The first-order chi connectivity index (χ1) is 19.1. The van der Waals surface area contributed by atoms with Crippen LogP contribution in [0.3, 0.4) is 0 Å². The monoisotopic (exact) mass is 604 g/mol. The van der Waals surface area contributed by atoms with E-state index in [1.165, 1.54) is 17.2 Å². The van der Waals surface area contributed by atoms with Crippen molar-refractivity contribution in [2.45, 2.75) is 73.9 Å². The molecule has 1 fully saturated rings. The second kappa shape index (κ2) is 11.0. The number of hydrogen-bond acceptors (Lipinski definition) is 6. The zero-order valence-corrected chi connectivity index (χ0v) is 25.3.